The van der Waals surface area contributed by atoms with Gasteiger partial charge in [0.2, 0.25) is 0 Å². The van der Waals surface area contributed by atoms with Crippen LogP contribution in [0.3, 0.4) is 0 Å². The van der Waals surface area contributed by atoms with Crippen LogP contribution < -0.4 is 0 Å². The number of Topliss-reactive ketones (excluding diaryl/α,β-unsaturated/α-hetero) is 1. The monoisotopic (exact) mass is 282 g/mol. The fraction of sp³-hybridized carbons (Fsp3) is 0.214. The second kappa shape index (κ2) is 6.12. The summed E-state index contributed by atoms with van der Waals surface area (Å²) in [4.78, 5) is 13.2. The first kappa shape index (κ1) is 13.2. The molecule has 4 heteroatoms. The molecule has 0 N–H and O–H groups in total. The predicted molar refractivity (Wildman–Crippen MR) is 73.0 cm³/mol. The van der Waals surface area contributed by atoms with Crippen molar-refractivity contribution >= 4 is 28.7 Å². The highest BCUT2D eigenvalue weighted by atomic mass is 35.5. The van der Waals surface area contributed by atoms with Crippen molar-refractivity contribution in [1.29, 1.82) is 0 Å². The molecular weight excluding hydrogens is 271 g/mol. The first-order valence-corrected chi connectivity index (χ1v) is 6.93. The van der Waals surface area contributed by atoms with E-state index in [1.54, 1.807) is 11.3 Å². The first-order chi connectivity index (χ1) is 8.66. The molecule has 0 amide bonds. The van der Waals surface area contributed by atoms with Crippen LogP contribution in [-0.4, -0.2) is 5.78 Å². The number of carbonyl (C=O) groups excluding carboxylic acids is 1. The van der Waals surface area contributed by atoms with Crippen molar-refractivity contribution in [1.82, 2.24) is 0 Å². The van der Waals surface area contributed by atoms with E-state index in [-0.39, 0.29) is 11.3 Å². The molecule has 2 aromatic rings. The summed E-state index contributed by atoms with van der Waals surface area (Å²) < 4.78 is 13.0. The number of ketones is 1. The highest BCUT2D eigenvalue weighted by molar-refractivity contribution is 7.09. The largest absolute Gasteiger partial charge is 0.294 e. The number of aryl methyl sites for hydroxylation is 1. The third kappa shape index (κ3) is 3.40. The maximum Gasteiger partial charge on any atom is 0.164 e. The summed E-state index contributed by atoms with van der Waals surface area (Å²) >= 11 is 7.56. The molecule has 94 valence electrons. The molecule has 0 bridgehead atoms. The fourth-order valence-corrected chi connectivity index (χ4v) is 2.70. The molecule has 0 aliphatic heterocycles. The molecule has 1 nitrogen and oxygen atoms in total. The van der Waals surface area contributed by atoms with Gasteiger partial charge < -0.3 is 0 Å². The Labute approximate surface area is 114 Å². The highest BCUT2D eigenvalue weighted by Gasteiger charge is 2.11. The molecule has 0 radical (unpaired) electrons. The van der Waals surface area contributed by atoms with E-state index in [1.807, 2.05) is 17.5 Å². The maximum absolute atomic E-state index is 13.0. The van der Waals surface area contributed by atoms with Gasteiger partial charge in [-0.15, -0.1) is 11.3 Å². The number of carbonyl (C=O) groups is 1. The summed E-state index contributed by atoms with van der Waals surface area (Å²) in [7, 11) is 0. The second-order valence-corrected chi connectivity index (χ2v) is 5.42. The van der Waals surface area contributed by atoms with Crippen LogP contribution in [0.25, 0.3) is 0 Å². The SMILES string of the molecule is O=C(CCCc1cccs1)c1cc(F)ccc1Cl. The normalized spacial score (nSPS) is 10.6. The topological polar surface area (TPSA) is 17.1 Å². The van der Waals surface area contributed by atoms with Gasteiger partial charge in [-0.3, -0.25) is 4.79 Å². The summed E-state index contributed by atoms with van der Waals surface area (Å²) in [5.41, 5.74) is 0.280. The van der Waals surface area contributed by atoms with Crippen molar-refractivity contribution in [2.45, 2.75) is 19.3 Å². The Morgan fingerprint density at radius 1 is 1.33 bits per heavy atom. The zero-order valence-corrected chi connectivity index (χ0v) is 11.2. The Morgan fingerprint density at radius 2 is 2.17 bits per heavy atom. The highest BCUT2D eigenvalue weighted by Crippen LogP contribution is 2.20. The Balaban J connectivity index is 1.93. The Hall–Kier alpha value is -1.19. The van der Waals surface area contributed by atoms with E-state index in [9.17, 15) is 9.18 Å². The summed E-state index contributed by atoms with van der Waals surface area (Å²) in [5, 5.41) is 2.33. The van der Waals surface area contributed by atoms with Gasteiger partial charge in [-0.05, 0) is 42.5 Å². The summed E-state index contributed by atoms with van der Waals surface area (Å²) in [6.07, 6.45) is 2.02. The van der Waals surface area contributed by atoms with Crippen LogP contribution in [0.15, 0.2) is 35.7 Å². The first-order valence-electron chi connectivity index (χ1n) is 5.67. The smallest absolute Gasteiger partial charge is 0.164 e. The molecule has 0 fully saturated rings. The lowest BCUT2D eigenvalue weighted by molar-refractivity contribution is 0.0980. The van der Waals surface area contributed by atoms with Gasteiger partial charge in [0.05, 0.1) is 5.02 Å². The zero-order chi connectivity index (χ0) is 13.0. The quantitative estimate of drug-likeness (QED) is 0.724. The van der Waals surface area contributed by atoms with Gasteiger partial charge in [-0.25, -0.2) is 4.39 Å². The van der Waals surface area contributed by atoms with E-state index in [1.165, 1.54) is 23.1 Å². The average molecular weight is 283 g/mol. The van der Waals surface area contributed by atoms with Crippen molar-refractivity contribution in [3.05, 3.63) is 57.0 Å². The Kier molecular flexibility index (Phi) is 4.50. The van der Waals surface area contributed by atoms with E-state index in [0.717, 1.165) is 12.8 Å². The van der Waals surface area contributed by atoms with Gasteiger partial charge in [0.15, 0.2) is 5.78 Å². The number of thiophene rings is 1. The molecule has 1 heterocycles. The van der Waals surface area contributed by atoms with Crippen molar-refractivity contribution in [2.24, 2.45) is 0 Å². The van der Waals surface area contributed by atoms with Gasteiger partial charge >= 0.3 is 0 Å². The predicted octanol–water partition coefficient (Wildman–Crippen LogP) is 4.75. The lowest BCUT2D eigenvalue weighted by atomic mass is 10.0. The van der Waals surface area contributed by atoms with Crippen LogP contribution in [0.5, 0.6) is 0 Å². The third-order valence-electron chi connectivity index (χ3n) is 2.64. The van der Waals surface area contributed by atoms with Crippen molar-refractivity contribution < 1.29 is 9.18 Å². The molecular formula is C14H12ClFOS. The minimum atomic E-state index is -0.430. The average Bonchev–Trinajstić information content (AvgIpc) is 2.85. The minimum absolute atomic E-state index is 0.101. The standard InChI is InChI=1S/C14H12ClFOS/c15-13-7-6-10(16)9-12(13)14(17)5-1-3-11-4-2-8-18-11/h2,4,6-9H,1,3,5H2. The number of rotatable bonds is 5. The van der Waals surface area contributed by atoms with E-state index in [0.29, 0.717) is 11.4 Å². The molecule has 0 saturated carbocycles. The molecule has 18 heavy (non-hydrogen) atoms. The molecule has 0 unspecified atom stereocenters. The second-order valence-electron chi connectivity index (χ2n) is 3.98. The molecule has 0 aliphatic carbocycles. The number of benzene rings is 1. The van der Waals surface area contributed by atoms with Crippen LogP contribution >= 0.6 is 22.9 Å². The molecule has 0 atom stereocenters. The molecule has 2 rings (SSSR count). The zero-order valence-electron chi connectivity index (χ0n) is 9.66. The van der Waals surface area contributed by atoms with Crippen molar-refractivity contribution in [3.8, 4) is 0 Å². The van der Waals surface area contributed by atoms with Gasteiger partial charge in [-0.1, -0.05) is 17.7 Å². The molecule has 0 aliphatic rings. The summed E-state index contributed by atoms with van der Waals surface area (Å²) in [6, 6.07) is 7.92. The van der Waals surface area contributed by atoms with E-state index >= 15 is 0 Å². The van der Waals surface area contributed by atoms with Gasteiger partial charge in [0.25, 0.3) is 0 Å². The molecule has 0 spiro atoms. The van der Waals surface area contributed by atoms with Crippen molar-refractivity contribution in [2.75, 3.05) is 0 Å². The van der Waals surface area contributed by atoms with Gasteiger partial charge in [0.1, 0.15) is 5.82 Å². The lowest BCUT2D eigenvalue weighted by Crippen LogP contribution is -2.01. The molecule has 1 aromatic heterocycles. The minimum Gasteiger partial charge on any atom is -0.294 e. The van der Waals surface area contributed by atoms with E-state index < -0.39 is 5.82 Å². The van der Waals surface area contributed by atoms with Crippen LogP contribution in [0.2, 0.25) is 5.02 Å². The van der Waals surface area contributed by atoms with Gasteiger partial charge in [0, 0.05) is 16.9 Å². The van der Waals surface area contributed by atoms with Gasteiger partial charge in [-0.2, -0.15) is 0 Å². The number of halogens is 2. The molecule has 1 aromatic carbocycles. The van der Waals surface area contributed by atoms with Crippen LogP contribution in [-0.2, 0) is 6.42 Å². The summed E-state index contributed by atoms with van der Waals surface area (Å²) in [5.74, 6) is -0.530. The maximum atomic E-state index is 13.0. The van der Waals surface area contributed by atoms with Crippen molar-refractivity contribution in [3.63, 3.8) is 0 Å². The van der Waals surface area contributed by atoms with Crippen LogP contribution in [0.1, 0.15) is 28.1 Å². The number of hydrogen-bond donors (Lipinski definition) is 0. The lowest BCUT2D eigenvalue weighted by Gasteiger charge is -2.03. The van der Waals surface area contributed by atoms with Crippen LogP contribution in [0, 0.1) is 5.82 Å². The Bertz CT molecular complexity index is 537. The summed E-state index contributed by atoms with van der Waals surface area (Å²) in [6.45, 7) is 0. The third-order valence-corrected chi connectivity index (χ3v) is 3.90. The fourth-order valence-electron chi connectivity index (χ4n) is 1.72. The number of hydrogen-bond acceptors (Lipinski definition) is 2. The Morgan fingerprint density at radius 3 is 2.89 bits per heavy atom. The molecule has 0 saturated heterocycles. The van der Waals surface area contributed by atoms with E-state index in [2.05, 4.69) is 0 Å². The van der Waals surface area contributed by atoms with Crippen LogP contribution in [0.4, 0.5) is 4.39 Å². The van der Waals surface area contributed by atoms with E-state index in [4.69, 9.17) is 11.6 Å².